The fraction of sp³-hybridized carbons (Fsp3) is 0.632. The van der Waals surface area contributed by atoms with Crippen LogP contribution in [0, 0.1) is 0 Å². The first-order chi connectivity index (χ1) is 11.2. The van der Waals surface area contributed by atoms with Gasteiger partial charge >= 0.3 is 0 Å². The molecule has 2 fully saturated rings. The maximum Gasteiger partial charge on any atom is 0.240 e. The van der Waals surface area contributed by atoms with Crippen LogP contribution in [0.3, 0.4) is 0 Å². The number of nitrogens with one attached hydrogen (secondary N) is 1. The van der Waals surface area contributed by atoms with E-state index in [0.29, 0.717) is 18.0 Å². The minimum absolute atomic E-state index is 0.00967. The highest BCUT2D eigenvalue weighted by atomic mass is 16.2. The molecule has 1 aromatic carbocycles. The molecule has 0 aromatic heterocycles. The Labute approximate surface area is 138 Å². The van der Waals surface area contributed by atoms with Crippen LogP contribution in [-0.2, 0) is 17.8 Å². The van der Waals surface area contributed by atoms with E-state index in [1.165, 1.54) is 24.0 Å². The summed E-state index contributed by atoms with van der Waals surface area (Å²) >= 11 is 0. The molecule has 124 valence electrons. The fourth-order valence-electron chi connectivity index (χ4n) is 4.56. The predicted molar refractivity (Wildman–Crippen MR) is 91.2 cm³/mol. The topological polar surface area (TPSA) is 35.6 Å². The highest BCUT2D eigenvalue weighted by molar-refractivity contribution is 5.82. The summed E-state index contributed by atoms with van der Waals surface area (Å²) in [6.45, 7) is 6.03. The maximum absolute atomic E-state index is 13.2. The van der Waals surface area contributed by atoms with Gasteiger partial charge in [-0.15, -0.1) is 0 Å². The lowest BCUT2D eigenvalue weighted by atomic mass is 9.98. The van der Waals surface area contributed by atoms with Gasteiger partial charge in [-0.05, 0) is 50.3 Å². The molecule has 0 radical (unpaired) electrons. The van der Waals surface area contributed by atoms with Gasteiger partial charge in [-0.1, -0.05) is 24.3 Å². The molecular weight excluding hydrogens is 286 g/mol. The molecule has 3 unspecified atom stereocenters. The number of amides is 1. The molecule has 1 N–H and O–H groups in total. The molecule has 1 amide bonds. The van der Waals surface area contributed by atoms with E-state index in [-0.39, 0.29) is 6.04 Å². The zero-order valence-corrected chi connectivity index (χ0v) is 14.0. The quantitative estimate of drug-likeness (QED) is 0.904. The van der Waals surface area contributed by atoms with E-state index in [1.807, 2.05) is 0 Å². The zero-order valence-electron chi connectivity index (χ0n) is 14.0. The Morgan fingerprint density at radius 3 is 2.83 bits per heavy atom. The maximum atomic E-state index is 13.2. The molecule has 0 saturated carbocycles. The van der Waals surface area contributed by atoms with Crippen molar-refractivity contribution in [1.29, 1.82) is 0 Å². The third kappa shape index (κ3) is 2.79. The Morgan fingerprint density at radius 2 is 1.96 bits per heavy atom. The number of nitrogens with zero attached hydrogens (tertiary/aromatic N) is 2. The summed E-state index contributed by atoms with van der Waals surface area (Å²) in [5.41, 5.74) is 2.83. The predicted octanol–water partition coefficient (Wildman–Crippen LogP) is 1.79. The van der Waals surface area contributed by atoms with Crippen LogP contribution in [0.25, 0.3) is 0 Å². The average Bonchev–Trinajstić information content (AvgIpc) is 2.86. The number of hydrogen-bond donors (Lipinski definition) is 1. The molecule has 2 bridgehead atoms. The average molecular weight is 313 g/mol. The second-order valence-corrected chi connectivity index (χ2v) is 7.29. The van der Waals surface area contributed by atoms with Crippen molar-refractivity contribution in [3.63, 3.8) is 0 Å². The third-order valence-corrected chi connectivity index (χ3v) is 5.97. The number of hydrogen-bond acceptors (Lipinski definition) is 3. The van der Waals surface area contributed by atoms with Gasteiger partial charge in [0.25, 0.3) is 0 Å². The van der Waals surface area contributed by atoms with E-state index in [0.717, 1.165) is 39.0 Å². The Bertz CT molecular complexity index is 574. The van der Waals surface area contributed by atoms with Gasteiger partial charge in [0.2, 0.25) is 5.91 Å². The minimum Gasteiger partial charge on any atom is -0.334 e. The molecule has 0 spiro atoms. The summed E-state index contributed by atoms with van der Waals surface area (Å²) in [4.78, 5) is 17.8. The van der Waals surface area contributed by atoms with Crippen molar-refractivity contribution < 1.29 is 4.79 Å². The normalized spacial score (nSPS) is 29.0. The van der Waals surface area contributed by atoms with E-state index in [9.17, 15) is 4.79 Å². The van der Waals surface area contributed by atoms with Crippen molar-refractivity contribution in [3.05, 3.63) is 35.4 Å². The highest BCUT2D eigenvalue weighted by Gasteiger charge is 2.40. The van der Waals surface area contributed by atoms with Crippen LogP contribution in [0.4, 0.5) is 0 Å². The second-order valence-electron chi connectivity index (χ2n) is 7.29. The van der Waals surface area contributed by atoms with E-state index in [4.69, 9.17) is 0 Å². The van der Waals surface area contributed by atoms with E-state index in [1.54, 1.807) is 0 Å². The van der Waals surface area contributed by atoms with Crippen LogP contribution < -0.4 is 5.32 Å². The highest BCUT2D eigenvalue weighted by Crippen LogP contribution is 2.30. The van der Waals surface area contributed by atoms with Crippen molar-refractivity contribution in [3.8, 4) is 0 Å². The molecular formula is C19H27N3O. The Morgan fingerprint density at radius 1 is 1.17 bits per heavy atom. The molecule has 2 saturated heterocycles. The van der Waals surface area contributed by atoms with Crippen LogP contribution in [0.2, 0.25) is 0 Å². The first kappa shape index (κ1) is 15.2. The Kier molecular flexibility index (Phi) is 4.12. The van der Waals surface area contributed by atoms with E-state index >= 15 is 0 Å². The molecule has 4 heteroatoms. The summed E-state index contributed by atoms with van der Waals surface area (Å²) in [5, 5.41) is 3.49. The van der Waals surface area contributed by atoms with E-state index in [2.05, 4.69) is 46.3 Å². The monoisotopic (exact) mass is 313 g/mol. The van der Waals surface area contributed by atoms with Gasteiger partial charge in [0.1, 0.15) is 0 Å². The summed E-state index contributed by atoms with van der Waals surface area (Å²) in [6, 6.07) is 9.51. The molecule has 3 heterocycles. The molecule has 0 aliphatic carbocycles. The molecule has 4 rings (SSSR count). The van der Waals surface area contributed by atoms with Crippen molar-refractivity contribution in [2.24, 2.45) is 0 Å². The summed E-state index contributed by atoms with van der Waals surface area (Å²) in [5.74, 6) is 0.348. The van der Waals surface area contributed by atoms with Crippen LogP contribution in [0.5, 0.6) is 0 Å². The fourth-order valence-corrected chi connectivity index (χ4v) is 4.56. The zero-order chi connectivity index (χ0) is 15.8. The summed E-state index contributed by atoms with van der Waals surface area (Å²) < 4.78 is 0. The van der Waals surface area contributed by atoms with Crippen LogP contribution in [-0.4, -0.2) is 53.5 Å². The standard InChI is InChI=1S/C19H27N3O/c1-14(21-11-9-15-4-2-3-5-16(15)13-21)19(23)22-17-6-7-18(22)12-20-10-8-17/h2-5,14,17-18,20H,6-13H2,1H3. The Balaban J connectivity index is 1.49. The molecule has 3 atom stereocenters. The lowest BCUT2D eigenvalue weighted by Gasteiger charge is -2.37. The second kappa shape index (κ2) is 6.25. The third-order valence-electron chi connectivity index (χ3n) is 5.97. The van der Waals surface area contributed by atoms with Gasteiger partial charge in [-0.2, -0.15) is 0 Å². The van der Waals surface area contributed by atoms with Gasteiger partial charge < -0.3 is 10.2 Å². The summed E-state index contributed by atoms with van der Waals surface area (Å²) in [6.07, 6.45) is 4.52. The number of benzene rings is 1. The molecule has 1 aromatic rings. The first-order valence-corrected chi connectivity index (χ1v) is 9.08. The number of rotatable bonds is 2. The van der Waals surface area contributed by atoms with Crippen molar-refractivity contribution in [2.75, 3.05) is 19.6 Å². The molecule has 3 aliphatic heterocycles. The van der Waals surface area contributed by atoms with Gasteiger partial charge in [0.05, 0.1) is 6.04 Å². The van der Waals surface area contributed by atoms with Crippen molar-refractivity contribution >= 4 is 5.91 Å². The van der Waals surface area contributed by atoms with Gasteiger partial charge in [0.15, 0.2) is 0 Å². The molecule has 4 nitrogen and oxygen atoms in total. The van der Waals surface area contributed by atoms with E-state index < -0.39 is 0 Å². The first-order valence-electron chi connectivity index (χ1n) is 9.08. The number of carbonyl (C=O) groups excluding carboxylic acids is 1. The largest absolute Gasteiger partial charge is 0.334 e. The smallest absolute Gasteiger partial charge is 0.240 e. The van der Waals surface area contributed by atoms with Crippen molar-refractivity contribution in [2.45, 2.75) is 57.3 Å². The van der Waals surface area contributed by atoms with Crippen LogP contribution in [0.15, 0.2) is 24.3 Å². The van der Waals surface area contributed by atoms with Crippen molar-refractivity contribution in [1.82, 2.24) is 15.1 Å². The van der Waals surface area contributed by atoms with Gasteiger partial charge in [-0.25, -0.2) is 0 Å². The van der Waals surface area contributed by atoms with Crippen LogP contribution >= 0.6 is 0 Å². The van der Waals surface area contributed by atoms with Gasteiger partial charge in [0, 0.05) is 31.7 Å². The summed E-state index contributed by atoms with van der Waals surface area (Å²) in [7, 11) is 0. The minimum atomic E-state index is -0.00967. The number of fused-ring (bicyclic) bond motifs is 3. The number of carbonyl (C=O) groups is 1. The lowest BCUT2D eigenvalue weighted by Crippen LogP contribution is -2.52. The Hall–Kier alpha value is -1.39. The lowest BCUT2D eigenvalue weighted by molar-refractivity contribution is -0.139. The van der Waals surface area contributed by atoms with Crippen LogP contribution in [0.1, 0.15) is 37.3 Å². The molecule has 23 heavy (non-hydrogen) atoms. The van der Waals surface area contributed by atoms with Gasteiger partial charge in [-0.3, -0.25) is 9.69 Å². The SMILES string of the molecule is CC(C(=O)N1C2CCNCC1CC2)N1CCc2ccccc2C1. The molecule has 3 aliphatic rings.